The molecule has 1 spiro atoms. The molecule has 2 aliphatic heterocycles. The van der Waals surface area contributed by atoms with E-state index in [1.165, 1.54) is 6.92 Å². The summed E-state index contributed by atoms with van der Waals surface area (Å²) < 4.78 is 62.7. The van der Waals surface area contributed by atoms with E-state index in [0.717, 1.165) is 35.1 Å². The predicted octanol–water partition coefficient (Wildman–Crippen LogP) is 8.73. The van der Waals surface area contributed by atoms with Gasteiger partial charge >= 0.3 is 5.97 Å². The number of azide groups is 1. The second-order valence-electron chi connectivity index (χ2n) is 20.1. The van der Waals surface area contributed by atoms with Gasteiger partial charge in [-0.05, 0) is 58.9 Å². The summed E-state index contributed by atoms with van der Waals surface area (Å²) in [4.78, 5) is 28.5. The number of nitrogens with zero attached hydrogens (tertiary/aromatic N) is 3. The molecule has 4 aromatic carbocycles. The number of fused-ring (bicyclic) bond motifs is 4. The highest BCUT2D eigenvalue weighted by Gasteiger charge is 2.76. The van der Waals surface area contributed by atoms with Crippen LogP contribution in [0, 0.1) is 16.7 Å². The van der Waals surface area contributed by atoms with Crippen LogP contribution in [-0.4, -0.2) is 96.5 Å². The number of esters is 1. The predicted molar refractivity (Wildman–Crippen MR) is 255 cm³/mol. The van der Waals surface area contributed by atoms with Crippen molar-refractivity contribution in [3.63, 3.8) is 0 Å². The number of aliphatic hydroxyl groups is 1. The number of hydrogen-bond donors (Lipinski definition) is 1. The Labute approximate surface area is 409 Å². The average molecular weight is 960 g/mol. The minimum atomic E-state index is -1.42. The van der Waals surface area contributed by atoms with Crippen molar-refractivity contribution in [2.75, 3.05) is 6.61 Å². The zero-order valence-corrected chi connectivity index (χ0v) is 40.3. The number of carbonyl (C=O) groups excluding carboxylic acids is 2. The lowest BCUT2D eigenvalue weighted by Crippen LogP contribution is -2.68. The third-order valence-electron chi connectivity index (χ3n) is 15.7. The van der Waals surface area contributed by atoms with Gasteiger partial charge in [-0.15, -0.1) is 0 Å². The summed E-state index contributed by atoms with van der Waals surface area (Å²) in [6.07, 6.45) is -7.92. The molecule has 2 saturated heterocycles. The first kappa shape index (κ1) is 49.9. The van der Waals surface area contributed by atoms with Gasteiger partial charge in [0.1, 0.15) is 60.7 Å². The van der Waals surface area contributed by atoms with E-state index in [9.17, 15) is 20.2 Å². The van der Waals surface area contributed by atoms with E-state index in [1.54, 1.807) is 0 Å². The molecule has 0 aromatic heterocycles. The summed E-state index contributed by atoms with van der Waals surface area (Å²) >= 11 is 0. The first-order valence-corrected chi connectivity index (χ1v) is 24.6. The summed E-state index contributed by atoms with van der Waals surface area (Å²) in [6, 6.07) is 37.7. The molecule has 0 radical (unpaired) electrons. The maximum absolute atomic E-state index is 13.4. The van der Waals surface area contributed by atoms with Crippen LogP contribution >= 0.6 is 0 Å². The number of ether oxygens (including phenoxy) is 9. The topological polar surface area (TPSA) is 186 Å². The van der Waals surface area contributed by atoms with Crippen LogP contribution in [0.2, 0.25) is 0 Å². The largest absolute Gasteiger partial charge is 0.457 e. The second kappa shape index (κ2) is 21.8. The molecule has 0 amide bonds. The van der Waals surface area contributed by atoms with Gasteiger partial charge in [-0.1, -0.05) is 147 Å². The monoisotopic (exact) mass is 959 g/mol. The summed E-state index contributed by atoms with van der Waals surface area (Å²) in [7, 11) is 0. The van der Waals surface area contributed by atoms with E-state index in [-0.39, 0.29) is 50.5 Å². The Morgan fingerprint density at radius 3 is 1.59 bits per heavy atom. The van der Waals surface area contributed by atoms with Crippen LogP contribution < -0.4 is 0 Å². The highest BCUT2D eigenvalue weighted by atomic mass is 16.8. The Hall–Kier alpha value is -5.03. The van der Waals surface area contributed by atoms with Gasteiger partial charge in [0.05, 0.1) is 39.5 Å². The summed E-state index contributed by atoms with van der Waals surface area (Å²) in [6.45, 7) is 8.26. The fraction of sp³-hybridized carbons (Fsp3) is 0.527. The van der Waals surface area contributed by atoms with E-state index < -0.39 is 91.0 Å². The highest BCUT2D eigenvalue weighted by Crippen LogP contribution is 2.73. The van der Waals surface area contributed by atoms with Gasteiger partial charge in [0, 0.05) is 23.2 Å². The molecule has 1 N–H and O–H groups in total. The van der Waals surface area contributed by atoms with Gasteiger partial charge in [-0.3, -0.25) is 4.79 Å². The number of benzene rings is 4. The van der Waals surface area contributed by atoms with E-state index in [1.807, 2.05) is 121 Å². The van der Waals surface area contributed by atoms with Gasteiger partial charge < -0.3 is 52.5 Å². The fourth-order valence-electron chi connectivity index (χ4n) is 11.5. The summed E-state index contributed by atoms with van der Waals surface area (Å²) in [5, 5.41) is 15.3. The molecule has 70 heavy (non-hydrogen) atoms. The molecule has 3 aliphatic carbocycles. The number of hydrogen-bond acceptors (Lipinski definition) is 13. The Balaban J connectivity index is 1.14. The zero-order chi connectivity index (χ0) is 48.9. The van der Waals surface area contributed by atoms with Crippen LogP contribution in [0.25, 0.3) is 10.4 Å². The Kier molecular flexibility index (Phi) is 15.5. The van der Waals surface area contributed by atoms with Crippen molar-refractivity contribution < 1.29 is 57.3 Å². The van der Waals surface area contributed by atoms with Gasteiger partial charge in [-0.2, -0.15) is 0 Å². The third-order valence-corrected chi connectivity index (χ3v) is 15.7. The van der Waals surface area contributed by atoms with Gasteiger partial charge in [0.25, 0.3) is 0 Å². The van der Waals surface area contributed by atoms with E-state index in [0.29, 0.717) is 12.3 Å². The highest BCUT2D eigenvalue weighted by molar-refractivity contribution is 5.81. The van der Waals surface area contributed by atoms with Crippen LogP contribution in [-0.2, 0) is 78.6 Å². The Morgan fingerprint density at radius 2 is 1.14 bits per heavy atom. The van der Waals surface area contributed by atoms with Crippen molar-refractivity contribution in [3.05, 3.63) is 154 Å². The van der Waals surface area contributed by atoms with Crippen LogP contribution in [0.5, 0.6) is 0 Å². The molecule has 5 fully saturated rings. The van der Waals surface area contributed by atoms with Crippen molar-refractivity contribution in [3.8, 4) is 0 Å². The molecule has 2 heterocycles. The number of carbonyl (C=O) groups is 2. The molecule has 4 aromatic rings. The van der Waals surface area contributed by atoms with Gasteiger partial charge in [-0.25, -0.2) is 0 Å². The molecule has 5 aliphatic rings. The van der Waals surface area contributed by atoms with E-state index >= 15 is 0 Å². The number of Topliss-reactive ketones (excluding diaryl/α,β-unsaturated/α-hetero) is 1. The quantitative estimate of drug-likeness (QED) is 0.0385. The summed E-state index contributed by atoms with van der Waals surface area (Å²) in [5.74, 6) is -1.60. The van der Waals surface area contributed by atoms with Crippen molar-refractivity contribution in [1.82, 2.24) is 0 Å². The minimum Gasteiger partial charge on any atom is -0.457 e. The third kappa shape index (κ3) is 10.2. The van der Waals surface area contributed by atoms with Crippen LogP contribution in [0.3, 0.4) is 0 Å². The molecule has 3 saturated carbocycles. The average Bonchev–Trinajstić information content (AvgIpc) is 3.92. The Bertz CT molecular complexity index is 2410. The SMILES string of the molecule is CC(=O)CCC(=O)O[C@H]1[C@H](OCc2ccccc2)[C@@H](N=[N+]=[N-])[C@@H](O[C@@H]2[C@@H](OCc3ccccc3)[C@H](OCc3ccccc3)[C@@H](OCc3ccccc3)[C@H]3OC4(C[C@@H]5CC[C@@]4(C)C5(C)C)O[C@@H]23)O[C@@H]1CO. The Morgan fingerprint density at radius 1 is 0.671 bits per heavy atom. The number of rotatable bonds is 20. The van der Waals surface area contributed by atoms with Gasteiger partial charge in [0.2, 0.25) is 0 Å². The molecule has 9 rings (SSSR count). The molecular formula is C55H65N3O12. The molecule has 14 atom stereocenters. The molecule has 1 unspecified atom stereocenters. The molecule has 372 valence electrons. The van der Waals surface area contributed by atoms with Crippen LogP contribution in [0.1, 0.15) is 82.1 Å². The smallest absolute Gasteiger partial charge is 0.306 e. The second-order valence-corrected chi connectivity index (χ2v) is 20.1. The lowest BCUT2D eigenvalue weighted by molar-refractivity contribution is -0.325. The van der Waals surface area contributed by atoms with Crippen molar-refractivity contribution in [2.24, 2.45) is 21.9 Å². The molecule has 2 bridgehead atoms. The minimum absolute atomic E-state index is 0.0249. The number of ketones is 1. The van der Waals surface area contributed by atoms with Crippen molar-refractivity contribution in [2.45, 2.75) is 159 Å². The molecule has 15 heteroatoms. The van der Waals surface area contributed by atoms with Gasteiger partial charge in [0.15, 0.2) is 18.2 Å². The van der Waals surface area contributed by atoms with E-state index in [2.05, 4.69) is 30.8 Å². The normalized spacial score (nSPS) is 33.9. The van der Waals surface area contributed by atoms with Crippen molar-refractivity contribution >= 4 is 11.8 Å². The van der Waals surface area contributed by atoms with Crippen LogP contribution in [0.15, 0.2) is 126 Å². The standard InChI is InChI=1S/C55H65N3O12/c1-35(60)25-26-42(61)67-44-41(30-59)66-52(43(57-58-56)45(44)62-31-36-17-9-5-10-18-36)68-49-47(64-33-38-21-13-7-14-22-38)46(63-32-37-19-11-6-12-20-37)48(65-34-39-23-15-8-16-24-39)50-51(49)70-55(69-50)29-40-27-28-54(55,4)53(40,2)3/h5-24,40-41,43-52,59H,25-34H2,1-4H3/t40-,41+,43+,44+,45+,46-,47-,48+,49+,50+,51-,52+,54-,55?/m0/s1. The maximum Gasteiger partial charge on any atom is 0.306 e. The van der Waals surface area contributed by atoms with Crippen LogP contribution in [0.4, 0.5) is 0 Å². The summed E-state index contributed by atoms with van der Waals surface area (Å²) in [5.41, 5.74) is 13.3. The first-order valence-electron chi connectivity index (χ1n) is 24.6. The maximum atomic E-state index is 13.4. The van der Waals surface area contributed by atoms with E-state index in [4.69, 9.17) is 42.6 Å². The van der Waals surface area contributed by atoms with Crippen molar-refractivity contribution in [1.29, 1.82) is 0 Å². The zero-order valence-electron chi connectivity index (χ0n) is 40.3. The molecule has 15 nitrogen and oxygen atoms in total. The lowest BCUT2D eigenvalue weighted by atomic mass is 9.68. The number of aliphatic hydroxyl groups excluding tert-OH is 1. The lowest BCUT2D eigenvalue weighted by Gasteiger charge is -2.49. The fourth-order valence-corrected chi connectivity index (χ4v) is 11.5. The first-order chi connectivity index (χ1) is 33.9. The molecular weight excluding hydrogens is 895 g/mol.